The molecule has 1 aromatic rings. The maximum Gasteiger partial charge on any atom is 0.265 e. The summed E-state index contributed by atoms with van der Waals surface area (Å²) in [6.07, 6.45) is 2.50. The number of pyridine rings is 1. The van der Waals surface area contributed by atoms with Gasteiger partial charge < -0.3 is 4.57 Å². The minimum atomic E-state index is -2.05. The van der Waals surface area contributed by atoms with Crippen molar-refractivity contribution in [2.45, 2.75) is 45.3 Å². The van der Waals surface area contributed by atoms with Crippen LogP contribution in [-0.4, -0.2) is 10.7 Å². The fourth-order valence-corrected chi connectivity index (χ4v) is 3.69. The molecule has 1 aliphatic rings. The molecular formula is C17H18BrClF3NO. The van der Waals surface area contributed by atoms with Crippen LogP contribution < -0.4 is 5.56 Å². The third-order valence-corrected chi connectivity index (χ3v) is 5.02. The Kier molecular flexibility index (Phi) is 6.37. The van der Waals surface area contributed by atoms with Crippen LogP contribution in [0.1, 0.15) is 39.2 Å². The first kappa shape index (κ1) is 19.3. The summed E-state index contributed by atoms with van der Waals surface area (Å²) in [4.78, 5) is 12.5. The number of aromatic nitrogens is 1. The summed E-state index contributed by atoms with van der Waals surface area (Å²) in [7, 11) is 0. The molecule has 0 saturated carbocycles. The van der Waals surface area contributed by atoms with Gasteiger partial charge in [-0.3, -0.25) is 4.79 Å². The Morgan fingerprint density at radius 1 is 1.42 bits per heavy atom. The zero-order chi connectivity index (χ0) is 18.0. The van der Waals surface area contributed by atoms with Crippen molar-refractivity contribution in [3.8, 4) is 0 Å². The van der Waals surface area contributed by atoms with E-state index in [0.29, 0.717) is 17.0 Å². The second-order valence-corrected chi connectivity index (χ2v) is 7.20. The van der Waals surface area contributed by atoms with E-state index in [9.17, 15) is 18.0 Å². The van der Waals surface area contributed by atoms with Gasteiger partial charge in [-0.05, 0) is 40.1 Å². The number of hydrogen-bond acceptors (Lipinski definition) is 1. The van der Waals surface area contributed by atoms with Crippen LogP contribution in [0.4, 0.5) is 13.2 Å². The van der Waals surface area contributed by atoms with Gasteiger partial charge >= 0.3 is 0 Å². The van der Waals surface area contributed by atoms with Crippen molar-refractivity contribution >= 4 is 27.5 Å². The van der Waals surface area contributed by atoms with Crippen LogP contribution in [0, 0.1) is 5.92 Å². The highest BCUT2D eigenvalue weighted by Crippen LogP contribution is 2.40. The molecule has 0 saturated heterocycles. The van der Waals surface area contributed by atoms with Gasteiger partial charge in [0.15, 0.2) is 17.8 Å². The highest BCUT2D eigenvalue weighted by Gasteiger charge is 2.35. The van der Waals surface area contributed by atoms with Gasteiger partial charge in [-0.2, -0.15) is 0 Å². The van der Waals surface area contributed by atoms with Gasteiger partial charge in [-0.25, -0.2) is 13.2 Å². The molecule has 0 fully saturated rings. The average molecular weight is 425 g/mol. The van der Waals surface area contributed by atoms with Crippen LogP contribution in [-0.2, 0) is 0 Å². The molecule has 0 N–H and O–H groups in total. The average Bonchev–Trinajstić information content (AvgIpc) is 2.54. The normalized spacial score (nSPS) is 22.5. The summed E-state index contributed by atoms with van der Waals surface area (Å²) >= 11 is 9.18. The van der Waals surface area contributed by atoms with E-state index in [0.717, 1.165) is 18.9 Å². The standard InChI is InChI=1S/C17H18BrClF3NO/c1-3-4-5-14(23-8-10(19)6-12(18)17(23)24)11-7-13(20)16(22)15(21)9(11)2/h6-9,14-15H,3-5H2,1-2H3. The van der Waals surface area contributed by atoms with Crippen molar-refractivity contribution in [3.05, 3.63) is 55.4 Å². The topological polar surface area (TPSA) is 22.0 Å². The van der Waals surface area contributed by atoms with Gasteiger partial charge in [0, 0.05) is 12.1 Å². The fourth-order valence-electron chi connectivity index (χ4n) is 2.90. The zero-order valence-electron chi connectivity index (χ0n) is 13.3. The molecule has 3 atom stereocenters. The number of unbranched alkanes of at least 4 members (excludes halogenated alkanes) is 1. The predicted molar refractivity (Wildman–Crippen MR) is 93.4 cm³/mol. The molecule has 7 heteroatoms. The van der Waals surface area contributed by atoms with E-state index < -0.39 is 29.8 Å². The van der Waals surface area contributed by atoms with Crippen molar-refractivity contribution in [1.29, 1.82) is 0 Å². The molecule has 1 aromatic heterocycles. The molecular weight excluding hydrogens is 407 g/mol. The van der Waals surface area contributed by atoms with E-state index in [2.05, 4.69) is 15.9 Å². The number of halogens is 5. The number of rotatable bonds is 5. The summed E-state index contributed by atoms with van der Waals surface area (Å²) in [5.41, 5.74) is 0.00515. The van der Waals surface area contributed by atoms with Gasteiger partial charge in [-0.15, -0.1) is 0 Å². The Bertz CT molecular complexity index is 744. The summed E-state index contributed by atoms with van der Waals surface area (Å²) in [6.45, 7) is 3.47. The maximum absolute atomic E-state index is 14.1. The smallest absolute Gasteiger partial charge is 0.265 e. The van der Waals surface area contributed by atoms with Gasteiger partial charge in [0.25, 0.3) is 5.56 Å². The Morgan fingerprint density at radius 3 is 2.71 bits per heavy atom. The van der Waals surface area contributed by atoms with E-state index in [1.807, 2.05) is 6.92 Å². The number of hydrogen-bond donors (Lipinski definition) is 0. The first-order valence-electron chi connectivity index (χ1n) is 7.75. The van der Waals surface area contributed by atoms with E-state index >= 15 is 0 Å². The molecule has 0 spiro atoms. The molecule has 2 rings (SSSR count). The monoisotopic (exact) mass is 423 g/mol. The summed E-state index contributed by atoms with van der Waals surface area (Å²) < 4.78 is 43.0. The summed E-state index contributed by atoms with van der Waals surface area (Å²) in [5.74, 6) is -3.47. The van der Waals surface area contributed by atoms with Crippen LogP contribution in [0.5, 0.6) is 0 Å². The summed E-state index contributed by atoms with van der Waals surface area (Å²) in [5, 5.41) is 0.325. The van der Waals surface area contributed by atoms with Gasteiger partial charge in [0.1, 0.15) is 0 Å². The lowest BCUT2D eigenvalue weighted by Crippen LogP contribution is -2.31. The van der Waals surface area contributed by atoms with Crippen molar-refractivity contribution in [1.82, 2.24) is 4.57 Å². The van der Waals surface area contributed by atoms with Crippen molar-refractivity contribution in [2.75, 3.05) is 0 Å². The third kappa shape index (κ3) is 3.80. The largest absolute Gasteiger partial charge is 0.306 e. The SMILES string of the molecule is CCCCC(C1=CC(F)=C(F)C(F)C1C)n1cc(Cl)cc(Br)c1=O. The van der Waals surface area contributed by atoms with Crippen molar-refractivity contribution in [3.63, 3.8) is 0 Å². The molecule has 0 amide bonds. The molecule has 2 nitrogen and oxygen atoms in total. The minimum Gasteiger partial charge on any atom is -0.306 e. The minimum absolute atomic E-state index is 0.263. The van der Waals surface area contributed by atoms with E-state index in [1.54, 1.807) is 0 Å². The maximum atomic E-state index is 14.1. The third-order valence-electron chi connectivity index (χ3n) is 4.25. The molecule has 132 valence electrons. The van der Waals surface area contributed by atoms with Crippen LogP contribution in [0.15, 0.2) is 44.8 Å². The van der Waals surface area contributed by atoms with Gasteiger partial charge in [0.05, 0.1) is 15.5 Å². The molecule has 24 heavy (non-hydrogen) atoms. The Morgan fingerprint density at radius 2 is 2.08 bits per heavy atom. The Hall–Kier alpha value is -1.01. The van der Waals surface area contributed by atoms with E-state index in [1.165, 1.54) is 23.8 Å². The van der Waals surface area contributed by atoms with Crippen LogP contribution in [0.25, 0.3) is 0 Å². The summed E-state index contributed by atoms with van der Waals surface area (Å²) in [6, 6.07) is 0.883. The molecule has 3 unspecified atom stereocenters. The lowest BCUT2D eigenvalue weighted by Gasteiger charge is -2.31. The number of alkyl halides is 1. The molecule has 1 aliphatic carbocycles. The van der Waals surface area contributed by atoms with Gasteiger partial charge in [0.2, 0.25) is 0 Å². The van der Waals surface area contributed by atoms with Gasteiger partial charge in [-0.1, -0.05) is 38.3 Å². The number of nitrogens with zero attached hydrogens (tertiary/aromatic N) is 1. The molecule has 0 bridgehead atoms. The Balaban J connectivity index is 2.59. The second kappa shape index (κ2) is 7.91. The molecule has 1 heterocycles. The zero-order valence-corrected chi connectivity index (χ0v) is 15.7. The molecule has 0 aromatic carbocycles. The van der Waals surface area contributed by atoms with Crippen LogP contribution >= 0.6 is 27.5 Å². The lowest BCUT2D eigenvalue weighted by molar-refractivity contribution is 0.237. The molecule has 0 aliphatic heterocycles. The quantitative estimate of drug-likeness (QED) is 0.563. The first-order valence-corrected chi connectivity index (χ1v) is 8.92. The highest BCUT2D eigenvalue weighted by atomic mass is 79.9. The van der Waals surface area contributed by atoms with E-state index in [-0.39, 0.29) is 10.0 Å². The second-order valence-electron chi connectivity index (χ2n) is 5.91. The van der Waals surface area contributed by atoms with Crippen LogP contribution in [0.2, 0.25) is 5.02 Å². The van der Waals surface area contributed by atoms with Crippen LogP contribution in [0.3, 0.4) is 0 Å². The fraction of sp³-hybridized carbons (Fsp3) is 0.471. The first-order chi connectivity index (χ1) is 11.3. The van der Waals surface area contributed by atoms with Crippen molar-refractivity contribution in [2.24, 2.45) is 5.92 Å². The Labute approximate surface area is 152 Å². The van der Waals surface area contributed by atoms with E-state index in [4.69, 9.17) is 11.6 Å². The lowest BCUT2D eigenvalue weighted by atomic mass is 9.84. The predicted octanol–water partition coefficient (Wildman–Crippen LogP) is 6.06. The number of allylic oxidation sites excluding steroid dienone is 4. The molecule has 0 radical (unpaired) electrons. The van der Waals surface area contributed by atoms with Crippen molar-refractivity contribution < 1.29 is 13.2 Å². The highest BCUT2D eigenvalue weighted by molar-refractivity contribution is 9.10.